The minimum atomic E-state index is -0.282. The third-order valence-electron chi connectivity index (χ3n) is 4.05. The van der Waals surface area contributed by atoms with E-state index < -0.39 is 0 Å². The van der Waals surface area contributed by atoms with Crippen LogP contribution in [0, 0.1) is 3.95 Å². The van der Waals surface area contributed by atoms with Gasteiger partial charge < -0.3 is 9.88 Å². The minimum Gasteiger partial charge on any atom is -0.325 e. The molecule has 0 spiro atoms. The molecular weight excluding hydrogens is 380 g/mol. The first-order valence-corrected chi connectivity index (χ1v) is 9.84. The molecule has 0 atom stereocenters. The second-order valence-corrected chi connectivity index (χ2v) is 7.74. The third kappa shape index (κ3) is 4.23. The summed E-state index contributed by atoms with van der Waals surface area (Å²) in [5.41, 5.74) is 2.19. The first-order valence-electron chi connectivity index (χ1n) is 8.62. The number of hydrogen-bond acceptors (Lipinski definition) is 5. The predicted molar refractivity (Wildman–Crippen MR) is 112 cm³/mol. The Morgan fingerprint density at radius 1 is 1.37 bits per heavy atom. The summed E-state index contributed by atoms with van der Waals surface area (Å²) in [5, 5.41) is 2.81. The van der Waals surface area contributed by atoms with Crippen molar-refractivity contribution >= 4 is 45.5 Å². The van der Waals surface area contributed by atoms with Crippen LogP contribution in [-0.4, -0.2) is 20.0 Å². The van der Waals surface area contributed by atoms with Crippen molar-refractivity contribution in [2.45, 2.75) is 32.9 Å². The number of carbonyl (C=O) groups excluding carboxylic acids is 1. The van der Waals surface area contributed by atoms with Crippen LogP contribution in [0.25, 0.3) is 10.3 Å². The largest absolute Gasteiger partial charge is 0.325 e. The number of nitrogens with one attached hydrogen (secondary N) is 1. The number of anilines is 1. The van der Waals surface area contributed by atoms with Gasteiger partial charge in [-0.15, -0.1) is 6.58 Å². The Morgan fingerprint density at radius 3 is 2.78 bits per heavy atom. The number of allylic oxidation sites excluding steroid dienone is 1. The second kappa shape index (κ2) is 8.41. The zero-order valence-electron chi connectivity index (χ0n) is 15.0. The fraction of sp³-hybridized carbons (Fsp3) is 0.263. The van der Waals surface area contributed by atoms with Gasteiger partial charge in [0.15, 0.2) is 9.60 Å². The highest BCUT2D eigenvalue weighted by atomic mass is 32.1. The highest BCUT2D eigenvalue weighted by Gasteiger charge is 2.13. The summed E-state index contributed by atoms with van der Waals surface area (Å²) in [6, 6.07) is 7.73. The molecule has 1 N–H and O–H groups in total. The van der Waals surface area contributed by atoms with Crippen molar-refractivity contribution in [1.82, 2.24) is 14.1 Å². The lowest BCUT2D eigenvalue weighted by atomic mass is 10.1. The smallest absolute Gasteiger partial charge is 0.273 e. The van der Waals surface area contributed by atoms with Gasteiger partial charge in [0.25, 0.3) is 5.56 Å². The molecule has 1 aromatic carbocycles. The molecule has 0 aliphatic carbocycles. The number of fused-ring (bicyclic) bond motifs is 1. The molecule has 0 radical (unpaired) electrons. The van der Waals surface area contributed by atoms with Gasteiger partial charge >= 0.3 is 0 Å². The van der Waals surface area contributed by atoms with Crippen LogP contribution in [0.1, 0.15) is 18.9 Å². The average molecular weight is 401 g/mol. The van der Waals surface area contributed by atoms with E-state index in [2.05, 4.69) is 23.8 Å². The molecule has 0 aliphatic heterocycles. The van der Waals surface area contributed by atoms with Gasteiger partial charge in [-0.3, -0.25) is 14.2 Å². The molecule has 0 bridgehead atoms. The topological polar surface area (TPSA) is 68.9 Å². The molecule has 0 fully saturated rings. The lowest BCUT2D eigenvalue weighted by Gasteiger charge is -2.08. The fourth-order valence-electron chi connectivity index (χ4n) is 2.77. The number of nitrogens with zero attached hydrogens (tertiary/aromatic N) is 3. The first-order chi connectivity index (χ1) is 13.0. The summed E-state index contributed by atoms with van der Waals surface area (Å²) >= 11 is 6.49. The SMILES string of the molecule is C=CCn1c(=S)sc2c(=O)n(CC(=O)Nc3ccc(CCC)cc3)cnc21. The summed E-state index contributed by atoms with van der Waals surface area (Å²) < 4.78 is 4.06. The molecule has 8 heteroatoms. The monoisotopic (exact) mass is 400 g/mol. The number of thiazole rings is 1. The van der Waals surface area contributed by atoms with Gasteiger partial charge in [0.2, 0.25) is 5.91 Å². The van der Waals surface area contributed by atoms with E-state index in [0.717, 1.165) is 12.8 Å². The Balaban J connectivity index is 1.78. The molecule has 3 aromatic rings. The number of carbonyl (C=O) groups is 1. The Morgan fingerprint density at radius 2 is 2.11 bits per heavy atom. The molecule has 0 saturated heterocycles. The lowest BCUT2D eigenvalue weighted by molar-refractivity contribution is -0.116. The summed E-state index contributed by atoms with van der Waals surface area (Å²) in [4.78, 5) is 29.3. The van der Waals surface area contributed by atoms with Crippen LogP contribution >= 0.6 is 23.6 Å². The molecule has 6 nitrogen and oxygen atoms in total. The number of aryl methyl sites for hydroxylation is 1. The molecule has 0 aliphatic rings. The number of aromatic nitrogens is 3. The third-order valence-corrected chi connectivity index (χ3v) is 5.47. The molecule has 27 heavy (non-hydrogen) atoms. The Kier molecular flexibility index (Phi) is 5.98. The van der Waals surface area contributed by atoms with Gasteiger partial charge in [-0.25, -0.2) is 4.98 Å². The standard InChI is InChI=1S/C19H20N4O2S2/c1-3-5-13-6-8-14(9-7-13)21-15(24)11-22-12-20-17-16(18(22)25)27-19(26)23(17)10-4-2/h4,6-9,12H,2-3,5,10-11H2,1H3,(H,21,24). The van der Waals surface area contributed by atoms with Crippen molar-refractivity contribution in [3.8, 4) is 0 Å². The zero-order chi connectivity index (χ0) is 19.4. The van der Waals surface area contributed by atoms with Crippen LogP contribution in [0.4, 0.5) is 5.69 Å². The van der Waals surface area contributed by atoms with Crippen LogP contribution in [0.5, 0.6) is 0 Å². The van der Waals surface area contributed by atoms with E-state index in [0.29, 0.717) is 26.5 Å². The van der Waals surface area contributed by atoms with Crippen LogP contribution in [0.2, 0.25) is 0 Å². The quantitative estimate of drug-likeness (QED) is 0.484. The van der Waals surface area contributed by atoms with Crippen LogP contribution in [0.3, 0.4) is 0 Å². The fourth-order valence-corrected chi connectivity index (χ4v) is 4.09. The predicted octanol–water partition coefficient (Wildman–Crippen LogP) is 3.77. The van der Waals surface area contributed by atoms with Crippen LogP contribution < -0.4 is 10.9 Å². The van der Waals surface area contributed by atoms with Crippen LogP contribution in [-0.2, 0) is 24.3 Å². The van der Waals surface area contributed by atoms with E-state index in [-0.39, 0.29) is 18.0 Å². The van der Waals surface area contributed by atoms with Gasteiger partial charge in [-0.05, 0) is 36.3 Å². The molecule has 0 unspecified atom stereocenters. The molecule has 140 valence electrons. The second-order valence-electron chi connectivity index (χ2n) is 6.09. The molecule has 0 saturated carbocycles. The van der Waals surface area contributed by atoms with Gasteiger partial charge in [0, 0.05) is 12.2 Å². The number of rotatable bonds is 7. The number of benzene rings is 1. The van der Waals surface area contributed by atoms with E-state index in [1.54, 1.807) is 10.6 Å². The van der Waals surface area contributed by atoms with E-state index in [4.69, 9.17) is 12.2 Å². The summed E-state index contributed by atoms with van der Waals surface area (Å²) in [6.45, 7) is 6.20. The first kappa shape index (κ1) is 19.2. The average Bonchev–Trinajstić information content (AvgIpc) is 2.96. The van der Waals surface area contributed by atoms with Crippen molar-refractivity contribution in [3.63, 3.8) is 0 Å². The van der Waals surface area contributed by atoms with E-state index in [1.165, 1.54) is 27.8 Å². The van der Waals surface area contributed by atoms with E-state index in [1.807, 2.05) is 24.3 Å². The Hall–Kier alpha value is -2.58. The van der Waals surface area contributed by atoms with Gasteiger partial charge in [0.05, 0.1) is 0 Å². The van der Waals surface area contributed by atoms with E-state index in [9.17, 15) is 9.59 Å². The molecule has 3 rings (SSSR count). The highest BCUT2D eigenvalue weighted by Crippen LogP contribution is 2.17. The Labute approximate surface area is 165 Å². The summed E-state index contributed by atoms with van der Waals surface area (Å²) in [6.07, 6.45) is 5.17. The van der Waals surface area contributed by atoms with Crippen LogP contribution in [0.15, 0.2) is 48.0 Å². The van der Waals surface area contributed by atoms with Crippen molar-refractivity contribution < 1.29 is 4.79 Å². The highest BCUT2D eigenvalue weighted by molar-refractivity contribution is 7.73. The zero-order valence-corrected chi connectivity index (χ0v) is 16.6. The summed E-state index contributed by atoms with van der Waals surface area (Å²) in [5.74, 6) is -0.282. The van der Waals surface area contributed by atoms with Crippen molar-refractivity contribution in [1.29, 1.82) is 0 Å². The summed E-state index contributed by atoms with van der Waals surface area (Å²) in [7, 11) is 0. The lowest BCUT2D eigenvalue weighted by Crippen LogP contribution is -2.27. The van der Waals surface area contributed by atoms with E-state index >= 15 is 0 Å². The van der Waals surface area contributed by atoms with Crippen molar-refractivity contribution in [3.05, 3.63) is 63.1 Å². The maximum atomic E-state index is 12.7. The Bertz CT molecular complexity index is 1090. The van der Waals surface area contributed by atoms with Gasteiger partial charge in [0.1, 0.15) is 17.6 Å². The molecule has 2 aromatic heterocycles. The number of hydrogen-bond donors (Lipinski definition) is 1. The molecular formula is C19H20N4O2S2. The number of amides is 1. The molecule has 2 heterocycles. The van der Waals surface area contributed by atoms with Gasteiger partial charge in [-0.2, -0.15) is 0 Å². The minimum absolute atomic E-state index is 0.107. The molecule has 1 amide bonds. The maximum absolute atomic E-state index is 12.7. The maximum Gasteiger partial charge on any atom is 0.273 e. The normalized spacial score (nSPS) is 10.9. The van der Waals surface area contributed by atoms with Crippen molar-refractivity contribution in [2.24, 2.45) is 0 Å². The van der Waals surface area contributed by atoms with Crippen molar-refractivity contribution in [2.75, 3.05) is 5.32 Å². The van der Waals surface area contributed by atoms with Gasteiger partial charge in [-0.1, -0.05) is 42.9 Å².